The molecule has 1 aromatic carbocycles. The Bertz CT molecular complexity index is 602. The summed E-state index contributed by atoms with van der Waals surface area (Å²) in [6.45, 7) is 0. The first-order valence-corrected chi connectivity index (χ1v) is 5.42. The molecule has 0 radical (unpaired) electrons. The number of anilines is 1. The third-order valence-electron chi connectivity index (χ3n) is 2.53. The van der Waals surface area contributed by atoms with Crippen molar-refractivity contribution in [2.45, 2.75) is 0 Å². The molecule has 0 atom stereocenters. The second-order valence-electron chi connectivity index (χ2n) is 3.72. The van der Waals surface area contributed by atoms with Gasteiger partial charge >= 0.3 is 0 Å². The number of rotatable bonds is 2. The molecule has 2 rings (SSSR count). The van der Waals surface area contributed by atoms with Crippen LogP contribution in [0.2, 0.25) is 0 Å². The monoisotopic (exact) mass is 237 g/mol. The molecule has 18 heavy (non-hydrogen) atoms. The fourth-order valence-corrected chi connectivity index (χ4v) is 1.56. The summed E-state index contributed by atoms with van der Waals surface area (Å²) in [6.07, 6.45) is 0. The molecule has 4 nitrogen and oxygen atoms in total. The molecule has 2 aromatic rings. The number of carbonyl (C=O) groups excluding carboxylic acids is 1. The van der Waals surface area contributed by atoms with Crippen LogP contribution in [0.4, 0.5) is 5.69 Å². The van der Waals surface area contributed by atoms with Crippen LogP contribution in [-0.2, 0) is 0 Å². The molecule has 0 bridgehead atoms. The van der Waals surface area contributed by atoms with E-state index in [1.165, 1.54) is 4.90 Å². The van der Waals surface area contributed by atoms with Gasteiger partial charge in [0.15, 0.2) is 0 Å². The highest BCUT2D eigenvalue weighted by atomic mass is 16.2. The van der Waals surface area contributed by atoms with Crippen LogP contribution in [-0.4, -0.2) is 17.9 Å². The van der Waals surface area contributed by atoms with Gasteiger partial charge in [-0.05, 0) is 24.3 Å². The van der Waals surface area contributed by atoms with Crippen molar-refractivity contribution in [3.8, 4) is 6.07 Å². The highest BCUT2D eigenvalue weighted by Gasteiger charge is 2.14. The third kappa shape index (κ3) is 2.36. The van der Waals surface area contributed by atoms with E-state index in [1.54, 1.807) is 25.2 Å². The Balaban J connectivity index is 2.29. The number of hydrogen-bond donors (Lipinski definition) is 0. The summed E-state index contributed by atoms with van der Waals surface area (Å²) in [5.74, 6) is -0.238. The SMILES string of the molecule is CN(C(=O)c1cccc(C#N)n1)c1ccccc1. The maximum absolute atomic E-state index is 12.2. The molecule has 0 aliphatic rings. The summed E-state index contributed by atoms with van der Waals surface area (Å²) in [6, 6.07) is 16.0. The minimum Gasteiger partial charge on any atom is -0.310 e. The lowest BCUT2D eigenvalue weighted by Crippen LogP contribution is -2.27. The van der Waals surface area contributed by atoms with Crippen molar-refractivity contribution in [2.75, 3.05) is 11.9 Å². The van der Waals surface area contributed by atoms with Gasteiger partial charge in [-0.25, -0.2) is 4.98 Å². The largest absolute Gasteiger partial charge is 0.310 e. The number of para-hydroxylation sites is 1. The van der Waals surface area contributed by atoms with Crippen LogP contribution in [0.1, 0.15) is 16.2 Å². The Morgan fingerprint density at radius 3 is 2.56 bits per heavy atom. The molecule has 0 saturated carbocycles. The van der Waals surface area contributed by atoms with E-state index in [0.29, 0.717) is 0 Å². The summed E-state index contributed by atoms with van der Waals surface area (Å²) in [7, 11) is 1.68. The third-order valence-corrected chi connectivity index (χ3v) is 2.53. The van der Waals surface area contributed by atoms with E-state index in [2.05, 4.69) is 4.98 Å². The molecule has 0 aliphatic carbocycles. The molecule has 0 N–H and O–H groups in total. The van der Waals surface area contributed by atoms with Gasteiger partial charge in [0.25, 0.3) is 5.91 Å². The number of benzene rings is 1. The number of nitriles is 1. The molecular formula is C14H11N3O. The number of aromatic nitrogens is 1. The van der Waals surface area contributed by atoms with Gasteiger partial charge in [0.2, 0.25) is 0 Å². The van der Waals surface area contributed by atoms with Crippen LogP contribution in [0, 0.1) is 11.3 Å². The Morgan fingerprint density at radius 1 is 1.17 bits per heavy atom. The molecule has 1 aromatic heterocycles. The number of pyridine rings is 1. The van der Waals surface area contributed by atoms with Crippen LogP contribution >= 0.6 is 0 Å². The Kier molecular flexibility index (Phi) is 3.35. The summed E-state index contributed by atoms with van der Waals surface area (Å²) >= 11 is 0. The van der Waals surface area contributed by atoms with Gasteiger partial charge in [-0.2, -0.15) is 5.26 Å². The lowest BCUT2D eigenvalue weighted by atomic mass is 10.2. The van der Waals surface area contributed by atoms with E-state index in [1.807, 2.05) is 36.4 Å². The zero-order valence-electron chi connectivity index (χ0n) is 9.87. The first kappa shape index (κ1) is 11.8. The molecule has 0 aliphatic heterocycles. The second-order valence-corrected chi connectivity index (χ2v) is 3.72. The van der Waals surface area contributed by atoms with Gasteiger partial charge in [-0.15, -0.1) is 0 Å². The number of nitrogens with zero attached hydrogens (tertiary/aromatic N) is 3. The van der Waals surface area contributed by atoms with E-state index in [4.69, 9.17) is 5.26 Å². The van der Waals surface area contributed by atoms with Gasteiger partial charge in [0, 0.05) is 12.7 Å². The first-order valence-electron chi connectivity index (χ1n) is 5.42. The number of carbonyl (C=O) groups is 1. The number of hydrogen-bond acceptors (Lipinski definition) is 3. The van der Waals surface area contributed by atoms with Crippen LogP contribution in [0.3, 0.4) is 0 Å². The Hall–Kier alpha value is -2.67. The highest BCUT2D eigenvalue weighted by Crippen LogP contribution is 2.13. The van der Waals surface area contributed by atoms with E-state index >= 15 is 0 Å². The molecule has 0 fully saturated rings. The van der Waals surface area contributed by atoms with Crippen LogP contribution < -0.4 is 4.90 Å². The van der Waals surface area contributed by atoms with E-state index in [0.717, 1.165) is 5.69 Å². The molecule has 1 amide bonds. The molecule has 4 heteroatoms. The van der Waals surface area contributed by atoms with E-state index < -0.39 is 0 Å². The van der Waals surface area contributed by atoms with Gasteiger partial charge in [-0.3, -0.25) is 4.79 Å². The predicted octanol–water partition coefficient (Wildman–Crippen LogP) is 2.23. The van der Waals surface area contributed by atoms with Crippen molar-refractivity contribution >= 4 is 11.6 Å². The van der Waals surface area contributed by atoms with Crippen LogP contribution in [0.5, 0.6) is 0 Å². The van der Waals surface area contributed by atoms with Crippen LogP contribution in [0.25, 0.3) is 0 Å². The highest BCUT2D eigenvalue weighted by molar-refractivity contribution is 6.04. The second kappa shape index (κ2) is 5.11. The quantitative estimate of drug-likeness (QED) is 0.804. The predicted molar refractivity (Wildman–Crippen MR) is 68.1 cm³/mol. The smallest absolute Gasteiger partial charge is 0.276 e. The number of amides is 1. The van der Waals surface area contributed by atoms with Gasteiger partial charge in [0.05, 0.1) is 0 Å². The maximum atomic E-state index is 12.2. The van der Waals surface area contributed by atoms with Gasteiger partial charge in [-0.1, -0.05) is 24.3 Å². The minimum absolute atomic E-state index is 0.238. The van der Waals surface area contributed by atoms with Gasteiger partial charge < -0.3 is 4.90 Å². The fraction of sp³-hybridized carbons (Fsp3) is 0.0714. The van der Waals surface area contributed by atoms with Crippen molar-refractivity contribution in [1.29, 1.82) is 5.26 Å². The standard InChI is InChI=1S/C14H11N3O/c1-17(12-7-3-2-4-8-12)14(18)13-9-5-6-11(10-15)16-13/h2-9H,1H3. The average Bonchev–Trinajstić information content (AvgIpc) is 2.46. The van der Waals surface area contributed by atoms with E-state index in [-0.39, 0.29) is 17.3 Å². The average molecular weight is 237 g/mol. The zero-order valence-corrected chi connectivity index (χ0v) is 9.87. The first-order chi connectivity index (χ1) is 8.72. The molecule has 88 valence electrons. The Labute approximate surface area is 105 Å². The zero-order chi connectivity index (χ0) is 13.0. The summed E-state index contributed by atoms with van der Waals surface area (Å²) in [5.41, 5.74) is 1.29. The fourth-order valence-electron chi connectivity index (χ4n) is 1.56. The van der Waals surface area contributed by atoms with Crippen molar-refractivity contribution < 1.29 is 4.79 Å². The molecule has 0 saturated heterocycles. The topological polar surface area (TPSA) is 57.0 Å². The molecule has 1 heterocycles. The lowest BCUT2D eigenvalue weighted by molar-refractivity contribution is 0.0988. The molecule has 0 unspecified atom stereocenters. The lowest BCUT2D eigenvalue weighted by Gasteiger charge is -2.16. The normalized spacial score (nSPS) is 9.56. The molecular weight excluding hydrogens is 226 g/mol. The Morgan fingerprint density at radius 2 is 1.89 bits per heavy atom. The summed E-state index contributed by atoms with van der Waals surface area (Å²) < 4.78 is 0. The van der Waals surface area contributed by atoms with Gasteiger partial charge in [0.1, 0.15) is 17.5 Å². The van der Waals surface area contributed by atoms with Crippen LogP contribution in [0.15, 0.2) is 48.5 Å². The van der Waals surface area contributed by atoms with Crippen molar-refractivity contribution in [2.24, 2.45) is 0 Å². The molecule has 0 spiro atoms. The van der Waals surface area contributed by atoms with Crippen molar-refractivity contribution in [3.05, 3.63) is 59.9 Å². The van der Waals surface area contributed by atoms with E-state index in [9.17, 15) is 4.79 Å². The van der Waals surface area contributed by atoms with Crippen molar-refractivity contribution in [1.82, 2.24) is 4.98 Å². The summed E-state index contributed by atoms with van der Waals surface area (Å²) in [4.78, 5) is 17.7. The maximum Gasteiger partial charge on any atom is 0.276 e. The van der Waals surface area contributed by atoms with Crippen molar-refractivity contribution in [3.63, 3.8) is 0 Å². The summed E-state index contributed by atoms with van der Waals surface area (Å²) in [5, 5.41) is 8.76. The minimum atomic E-state index is -0.238.